The molecule has 1 atom stereocenters. The number of amides is 1. The standard InChI is InChI=1S/C24H27NO7/c1-4-31-24(29)21(25-23(28)18-8-12-19(30-3)13-9-18)15-17-6-10-20(11-7-17)32-22(27)14-5-16(2)26/h6-13,21H,4-5,14-15H2,1-3H3,(H,25,28). The molecule has 0 heterocycles. The van der Waals surface area contributed by atoms with E-state index in [-0.39, 0.29) is 31.7 Å². The van der Waals surface area contributed by atoms with Crippen molar-refractivity contribution in [3.05, 3.63) is 59.7 Å². The molecule has 1 unspecified atom stereocenters. The minimum Gasteiger partial charge on any atom is -0.497 e. The molecular weight excluding hydrogens is 414 g/mol. The second kappa shape index (κ2) is 12.2. The number of carbonyl (C=O) groups is 4. The van der Waals surface area contributed by atoms with E-state index >= 15 is 0 Å². The predicted molar refractivity (Wildman–Crippen MR) is 117 cm³/mol. The predicted octanol–water partition coefficient (Wildman–Crippen LogP) is 2.87. The molecule has 8 nitrogen and oxygen atoms in total. The van der Waals surface area contributed by atoms with Crippen LogP contribution in [0.4, 0.5) is 0 Å². The summed E-state index contributed by atoms with van der Waals surface area (Å²) >= 11 is 0. The first-order valence-corrected chi connectivity index (χ1v) is 10.2. The van der Waals surface area contributed by atoms with Gasteiger partial charge in [-0.05, 0) is 55.8 Å². The third kappa shape index (κ3) is 7.86. The van der Waals surface area contributed by atoms with Crippen molar-refractivity contribution in [3.8, 4) is 11.5 Å². The highest BCUT2D eigenvalue weighted by atomic mass is 16.5. The van der Waals surface area contributed by atoms with E-state index in [1.54, 1.807) is 55.5 Å². The molecule has 0 aliphatic rings. The third-order valence-electron chi connectivity index (χ3n) is 4.50. The minimum atomic E-state index is -0.895. The Morgan fingerprint density at radius 3 is 2.09 bits per heavy atom. The van der Waals surface area contributed by atoms with Crippen molar-refractivity contribution in [2.45, 2.75) is 39.2 Å². The van der Waals surface area contributed by atoms with Crippen LogP contribution in [0, 0.1) is 0 Å². The Kier molecular flexibility index (Phi) is 9.41. The van der Waals surface area contributed by atoms with Crippen LogP contribution in [0.2, 0.25) is 0 Å². The fourth-order valence-corrected chi connectivity index (χ4v) is 2.81. The summed E-state index contributed by atoms with van der Waals surface area (Å²) in [4.78, 5) is 47.7. The lowest BCUT2D eigenvalue weighted by atomic mass is 10.0. The molecule has 0 bridgehead atoms. The lowest BCUT2D eigenvalue weighted by Gasteiger charge is -2.18. The number of ketones is 1. The topological polar surface area (TPSA) is 108 Å². The van der Waals surface area contributed by atoms with Crippen LogP contribution in [0.15, 0.2) is 48.5 Å². The molecule has 0 saturated carbocycles. The summed E-state index contributed by atoms with van der Waals surface area (Å²) in [5, 5.41) is 2.71. The summed E-state index contributed by atoms with van der Waals surface area (Å²) in [6, 6.07) is 12.2. The van der Waals surface area contributed by atoms with E-state index in [2.05, 4.69) is 5.32 Å². The van der Waals surface area contributed by atoms with Gasteiger partial charge >= 0.3 is 11.9 Å². The Morgan fingerprint density at radius 2 is 1.53 bits per heavy atom. The van der Waals surface area contributed by atoms with E-state index in [1.165, 1.54) is 14.0 Å². The van der Waals surface area contributed by atoms with E-state index in [0.717, 1.165) is 5.56 Å². The van der Waals surface area contributed by atoms with Gasteiger partial charge in [0.1, 0.15) is 23.3 Å². The van der Waals surface area contributed by atoms with Crippen LogP contribution in [0.3, 0.4) is 0 Å². The van der Waals surface area contributed by atoms with Crippen molar-refractivity contribution in [2.24, 2.45) is 0 Å². The number of ether oxygens (including phenoxy) is 3. The number of rotatable bonds is 11. The Morgan fingerprint density at radius 1 is 0.906 bits per heavy atom. The zero-order chi connectivity index (χ0) is 23.5. The molecule has 8 heteroatoms. The molecule has 2 rings (SSSR count). The molecule has 1 N–H and O–H groups in total. The van der Waals surface area contributed by atoms with Crippen molar-refractivity contribution in [1.82, 2.24) is 5.32 Å². The maximum Gasteiger partial charge on any atom is 0.328 e. The highest BCUT2D eigenvalue weighted by Gasteiger charge is 2.23. The summed E-state index contributed by atoms with van der Waals surface area (Å²) in [5.74, 6) is -0.596. The van der Waals surface area contributed by atoms with Crippen LogP contribution in [0.1, 0.15) is 42.6 Å². The van der Waals surface area contributed by atoms with Crippen LogP contribution in [-0.2, 0) is 25.5 Å². The van der Waals surface area contributed by atoms with Gasteiger partial charge in [-0.3, -0.25) is 9.59 Å². The molecule has 0 aliphatic carbocycles. The van der Waals surface area contributed by atoms with Gasteiger partial charge in [0, 0.05) is 18.4 Å². The van der Waals surface area contributed by atoms with Crippen molar-refractivity contribution in [1.29, 1.82) is 0 Å². The lowest BCUT2D eigenvalue weighted by Crippen LogP contribution is -2.43. The molecule has 0 aliphatic heterocycles. The fraction of sp³-hybridized carbons (Fsp3) is 0.333. The van der Waals surface area contributed by atoms with Crippen LogP contribution in [-0.4, -0.2) is 43.4 Å². The fourth-order valence-electron chi connectivity index (χ4n) is 2.81. The van der Waals surface area contributed by atoms with Crippen molar-refractivity contribution >= 4 is 23.6 Å². The number of carbonyl (C=O) groups excluding carboxylic acids is 4. The van der Waals surface area contributed by atoms with Gasteiger partial charge in [0.05, 0.1) is 20.1 Å². The van der Waals surface area contributed by atoms with Gasteiger partial charge in [-0.25, -0.2) is 4.79 Å². The van der Waals surface area contributed by atoms with E-state index in [4.69, 9.17) is 14.2 Å². The summed E-state index contributed by atoms with van der Waals surface area (Å²) < 4.78 is 15.4. The van der Waals surface area contributed by atoms with Crippen LogP contribution in [0.25, 0.3) is 0 Å². The maximum atomic E-state index is 12.6. The van der Waals surface area contributed by atoms with Crippen LogP contribution < -0.4 is 14.8 Å². The normalized spacial score (nSPS) is 11.2. The van der Waals surface area contributed by atoms with Crippen molar-refractivity contribution < 1.29 is 33.4 Å². The molecule has 2 aromatic carbocycles. The Labute approximate surface area is 186 Å². The first-order chi connectivity index (χ1) is 15.3. The van der Waals surface area contributed by atoms with E-state index in [9.17, 15) is 19.2 Å². The zero-order valence-corrected chi connectivity index (χ0v) is 18.4. The van der Waals surface area contributed by atoms with Crippen LogP contribution >= 0.6 is 0 Å². The number of benzene rings is 2. The number of nitrogens with one attached hydrogen (secondary N) is 1. The smallest absolute Gasteiger partial charge is 0.328 e. The zero-order valence-electron chi connectivity index (χ0n) is 18.4. The highest BCUT2D eigenvalue weighted by molar-refractivity contribution is 5.97. The summed E-state index contributed by atoms with van der Waals surface area (Å²) in [6.07, 6.45) is 0.338. The monoisotopic (exact) mass is 441 g/mol. The second-order valence-corrected chi connectivity index (χ2v) is 7.03. The quantitative estimate of drug-likeness (QED) is 0.422. The van der Waals surface area contributed by atoms with E-state index in [0.29, 0.717) is 17.1 Å². The Balaban J connectivity index is 2.04. The molecule has 2 aromatic rings. The van der Waals surface area contributed by atoms with Gasteiger partial charge in [-0.1, -0.05) is 12.1 Å². The van der Waals surface area contributed by atoms with Gasteiger partial charge in [0.2, 0.25) is 0 Å². The molecule has 32 heavy (non-hydrogen) atoms. The summed E-state index contributed by atoms with van der Waals surface area (Å²) in [6.45, 7) is 3.29. The van der Waals surface area contributed by atoms with Gasteiger partial charge in [0.15, 0.2) is 0 Å². The molecule has 0 fully saturated rings. The largest absolute Gasteiger partial charge is 0.497 e. The van der Waals surface area contributed by atoms with E-state index in [1.807, 2.05) is 0 Å². The Hall–Kier alpha value is -3.68. The maximum absolute atomic E-state index is 12.6. The van der Waals surface area contributed by atoms with Gasteiger partial charge < -0.3 is 24.3 Å². The number of methoxy groups -OCH3 is 1. The molecule has 1 amide bonds. The van der Waals surface area contributed by atoms with Crippen LogP contribution in [0.5, 0.6) is 11.5 Å². The van der Waals surface area contributed by atoms with Gasteiger partial charge in [0.25, 0.3) is 5.91 Å². The number of Topliss-reactive ketones (excluding diaryl/α,β-unsaturated/α-hetero) is 1. The number of hydrogen-bond acceptors (Lipinski definition) is 7. The van der Waals surface area contributed by atoms with Gasteiger partial charge in [-0.2, -0.15) is 0 Å². The molecule has 0 radical (unpaired) electrons. The number of esters is 2. The summed E-state index contributed by atoms with van der Waals surface area (Å²) in [7, 11) is 1.53. The SMILES string of the molecule is CCOC(=O)C(Cc1ccc(OC(=O)CCC(C)=O)cc1)NC(=O)c1ccc(OC)cc1. The van der Waals surface area contributed by atoms with Crippen molar-refractivity contribution in [3.63, 3.8) is 0 Å². The Bertz CT molecular complexity index is 936. The molecule has 0 saturated heterocycles. The molecule has 170 valence electrons. The average molecular weight is 441 g/mol. The molecular formula is C24H27NO7. The number of hydrogen-bond donors (Lipinski definition) is 1. The van der Waals surface area contributed by atoms with Crippen molar-refractivity contribution in [2.75, 3.05) is 13.7 Å². The van der Waals surface area contributed by atoms with Gasteiger partial charge in [-0.15, -0.1) is 0 Å². The third-order valence-corrected chi connectivity index (χ3v) is 4.50. The lowest BCUT2D eigenvalue weighted by molar-refractivity contribution is -0.145. The summed E-state index contributed by atoms with van der Waals surface area (Å²) in [5.41, 5.74) is 1.12. The first-order valence-electron chi connectivity index (χ1n) is 10.2. The van der Waals surface area contributed by atoms with E-state index < -0.39 is 23.9 Å². The highest BCUT2D eigenvalue weighted by Crippen LogP contribution is 2.16. The average Bonchev–Trinajstić information content (AvgIpc) is 2.78. The molecule has 0 aromatic heterocycles. The molecule has 0 spiro atoms. The second-order valence-electron chi connectivity index (χ2n) is 7.03. The first kappa shape index (κ1) is 24.6. The minimum absolute atomic E-state index is 0.0133.